The molecule has 0 aliphatic carbocycles. The molecule has 3 fully saturated rings. The van der Waals surface area contributed by atoms with Crippen LogP contribution in [0.15, 0.2) is 10.9 Å². The van der Waals surface area contributed by atoms with Gasteiger partial charge in [-0.3, -0.25) is 14.5 Å². The Morgan fingerprint density at radius 1 is 1.24 bits per heavy atom. The van der Waals surface area contributed by atoms with Gasteiger partial charge in [-0.1, -0.05) is 18.5 Å². The zero-order valence-electron chi connectivity index (χ0n) is 15.0. The Kier molecular flexibility index (Phi) is 5.13. The molecule has 3 aliphatic rings. The van der Waals surface area contributed by atoms with Crippen molar-refractivity contribution in [3.05, 3.63) is 33.0 Å². The van der Waals surface area contributed by atoms with Crippen LogP contribution in [-0.2, 0) is 26.6 Å². The molecule has 5 rings (SSSR count). The number of hydrogen-bond acceptors (Lipinski definition) is 5. The van der Waals surface area contributed by atoms with Crippen LogP contribution in [0.4, 0.5) is 0 Å². The first-order valence-corrected chi connectivity index (χ1v) is 10.5. The molecule has 0 saturated carbocycles. The topological polar surface area (TPSA) is 37.2 Å². The monoisotopic (exact) mass is 379 g/mol. The summed E-state index contributed by atoms with van der Waals surface area (Å²) in [5.74, 6) is 0.748. The lowest BCUT2D eigenvalue weighted by molar-refractivity contribution is 0.123. The third-order valence-electron chi connectivity index (χ3n) is 5.62. The molecule has 5 nitrogen and oxygen atoms in total. The van der Waals surface area contributed by atoms with Crippen LogP contribution in [0.3, 0.4) is 0 Å². The quantitative estimate of drug-likeness (QED) is 0.799. The van der Waals surface area contributed by atoms with Crippen molar-refractivity contribution >= 4 is 22.9 Å². The van der Waals surface area contributed by atoms with Crippen molar-refractivity contribution in [3.63, 3.8) is 0 Å². The van der Waals surface area contributed by atoms with Crippen molar-refractivity contribution in [2.24, 2.45) is 13.0 Å². The molecule has 0 N–H and O–H groups in total. The average molecular weight is 380 g/mol. The van der Waals surface area contributed by atoms with E-state index in [9.17, 15) is 0 Å². The number of nitrogens with zero attached hydrogens (tertiary/aromatic N) is 5. The van der Waals surface area contributed by atoms with Crippen molar-refractivity contribution < 1.29 is 0 Å². The summed E-state index contributed by atoms with van der Waals surface area (Å²) in [6.07, 6.45) is 3.57. The Bertz CT molecular complexity index is 713. The predicted octanol–water partition coefficient (Wildman–Crippen LogP) is 3.19. The van der Waals surface area contributed by atoms with Crippen LogP contribution in [0.25, 0.3) is 0 Å². The van der Waals surface area contributed by atoms with Gasteiger partial charge in [-0.2, -0.15) is 5.10 Å². The van der Waals surface area contributed by atoms with Crippen LogP contribution in [0.1, 0.15) is 36.7 Å². The van der Waals surface area contributed by atoms with Gasteiger partial charge in [-0.05, 0) is 25.2 Å². The van der Waals surface area contributed by atoms with E-state index < -0.39 is 0 Å². The minimum absolute atomic E-state index is 0.610. The normalized spacial score (nSPS) is 24.8. The van der Waals surface area contributed by atoms with E-state index in [1.807, 2.05) is 17.2 Å². The van der Waals surface area contributed by atoms with Crippen LogP contribution in [0.5, 0.6) is 0 Å². The molecule has 2 aromatic heterocycles. The zero-order chi connectivity index (χ0) is 17.4. The molecule has 25 heavy (non-hydrogen) atoms. The molecule has 2 bridgehead atoms. The number of aryl methyl sites for hydroxylation is 2. The van der Waals surface area contributed by atoms with Crippen LogP contribution in [-0.4, -0.2) is 50.2 Å². The van der Waals surface area contributed by atoms with Crippen molar-refractivity contribution in [1.29, 1.82) is 0 Å². The summed E-state index contributed by atoms with van der Waals surface area (Å²) in [6, 6.07) is 0.610. The Balaban J connectivity index is 1.49. The van der Waals surface area contributed by atoms with Gasteiger partial charge in [0.25, 0.3) is 0 Å². The van der Waals surface area contributed by atoms with E-state index in [2.05, 4.69) is 32.2 Å². The summed E-state index contributed by atoms with van der Waals surface area (Å²) in [6.45, 7) is 7.57. The lowest BCUT2D eigenvalue weighted by Crippen LogP contribution is -2.43. The largest absolute Gasteiger partial charge is 0.296 e. The first-order valence-electron chi connectivity index (χ1n) is 9.17. The highest BCUT2D eigenvalue weighted by Gasteiger charge is 2.35. The molecule has 0 unspecified atom stereocenters. The molecule has 0 amide bonds. The lowest BCUT2D eigenvalue weighted by Gasteiger charge is -2.36. The van der Waals surface area contributed by atoms with Gasteiger partial charge in [-0.25, -0.2) is 4.98 Å². The van der Waals surface area contributed by atoms with Crippen LogP contribution in [0.2, 0.25) is 5.15 Å². The zero-order valence-corrected chi connectivity index (χ0v) is 16.6. The molecule has 3 saturated heterocycles. The first-order chi connectivity index (χ1) is 12.1. The molecule has 0 aromatic carbocycles. The summed E-state index contributed by atoms with van der Waals surface area (Å²) in [7, 11) is 1.94. The second-order valence-corrected chi connectivity index (χ2v) is 8.47. The maximum Gasteiger partial charge on any atom is 0.131 e. The number of rotatable bonds is 5. The highest BCUT2D eigenvalue weighted by atomic mass is 35.5. The van der Waals surface area contributed by atoms with E-state index in [1.54, 1.807) is 11.3 Å². The molecule has 7 heteroatoms. The van der Waals surface area contributed by atoms with E-state index in [4.69, 9.17) is 11.6 Å². The third-order valence-corrected chi connectivity index (χ3v) is 6.73. The van der Waals surface area contributed by atoms with E-state index in [1.165, 1.54) is 37.2 Å². The Morgan fingerprint density at radius 2 is 2.12 bits per heavy atom. The van der Waals surface area contributed by atoms with Gasteiger partial charge in [0.2, 0.25) is 0 Å². The van der Waals surface area contributed by atoms with Crippen LogP contribution in [0, 0.1) is 5.92 Å². The standard InChI is InChI=1S/C18H26ClN5S/c1-3-17-16(18(19)22(2)21-17)10-24-7-13-4-5-15(24)9-23(6-13)8-14-11-25-12-20-14/h11-13,15H,3-10H2,1-2H3/t13-,15+/m1/s1. The maximum absolute atomic E-state index is 6.53. The van der Waals surface area contributed by atoms with Gasteiger partial charge < -0.3 is 0 Å². The Labute approximate surface area is 158 Å². The minimum atomic E-state index is 0.610. The van der Waals surface area contributed by atoms with E-state index in [0.29, 0.717) is 6.04 Å². The van der Waals surface area contributed by atoms with Crippen molar-refractivity contribution in [3.8, 4) is 0 Å². The van der Waals surface area contributed by atoms with Crippen LogP contribution < -0.4 is 0 Å². The minimum Gasteiger partial charge on any atom is -0.296 e. The number of aromatic nitrogens is 3. The molecule has 3 aliphatic heterocycles. The fourth-order valence-corrected chi connectivity index (χ4v) is 5.14. The van der Waals surface area contributed by atoms with Gasteiger partial charge in [0.15, 0.2) is 0 Å². The first kappa shape index (κ1) is 17.5. The molecule has 2 atom stereocenters. The maximum atomic E-state index is 6.53. The summed E-state index contributed by atoms with van der Waals surface area (Å²) < 4.78 is 1.82. The summed E-state index contributed by atoms with van der Waals surface area (Å²) >= 11 is 8.22. The Hall–Kier alpha value is -0.950. The second-order valence-electron chi connectivity index (χ2n) is 7.39. The highest BCUT2D eigenvalue weighted by Crippen LogP contribution is 2.32. The Morgan fingerprint density at radius 3 is 2.88 bits per heavy atom. The smallest absolute Gasteiger partial charge is 0.131 e. The van der Waals surface area contributed by atoms with E-state index in [-0.39, 0.29) is 0 Å². The summed E-state index contributed by atoms with van der Waals surface area (Å²) in [5.41, 5.74) is 5.52. The molecular weight excluding hydrogens is 354 g/mol. The fraction of sp³-hybridized carbons (Fsp3) is 0.667. The molecule has 0 radical (unpaired) electrons. The SMILES string of the molecule is CCc1nn(C)c(Cl)c1CN1C[C@@H]2CC[C@H]1CN(Cc1cscn1)C2. The average Bonchev–Trinajstić information content (AvgIpc) is 3.09. The number of piperidine rings is 1. The number of halogens is 1. The van der Waals surface area contributed by atoms with E-state index >= 15 is 0 Å². The summed E-state index contributed by atoms with van der Waals surface area (Å²) in [5, 5.41) is 7.56. The number of fused-ring (bicyclic) bond motifs is 4. The fourth-order valence-electron chi connectivity index (χ4n) is 4.39. The van der Waals surface area contributed by atoms with Gasteiger partial charge in [0, 0.05) is 56.8 Å². The van der Waals surface area contributed by atoms with Crippen molar-refractivity contribution in [2.45, 2.75) is 45.3 Å². The van der Waals surface area contributed by atoms with Gasteiger partial charge in [-0.15, -0.1) is 11.3 Å². The predicted molar refractivity (Wildman–Crippen MR) is 102 cm³/mol. The molecule has 2 aromatic rings. The highest BCUT2D eigenvalue weighted by molar-refractivity contribution is 7.07. The molecule has 5 heterocycles. The molecule has 0 spiro atoms. The number of hydrogen-bond donors (Lipinski definition) is 0. The molecule has 136 valence electrons. The second kappa shape index (κ2) is 7.35. The van der Waals surface area contributed by atoms with Gasteiger partial charge in [0.1, 0.15) is 5.15 Å². The van der Waals surface area contributed by atoms with E-state index in [0.717, 1.165) is 42.8 Å². The van der Waals surface area contributed by atoms with Crippen molar-refractivity contribution in [1.82, 2.24) is 24.6 Å². The van der Waals surface area contributed by atoms with Gasteiger partial charge in [0.05, 0.1) is 16.9 Å². The van der Waals surface area contributed by atoms with Crippen molar-refractivity contribution in [2.75, 3.05) is 19.6 Å². The third kappa shape index (κ3) is 3.63. The number of thiazole rings is 1. The van der Waals surface area contributed by atoms with Gasteiger partial charge >= 0.3 is 0 Å². The lowest BCUT2D eigenvalue weighted by atomic mass is 9.94. The molecular formula is C18H26ClN5S. The summed E-state index contributed by atoms with van der Waals surface area (Å²) in [4.78, 5) is 9.72. The van der Waals surface area contributed by atoms with Crippen LogP contribution >= 0.6 is 22.9 Å².